The second kappa shape index (κ2) is 7.83. The Bertz CT molecular complexity index is 855. The molecular formula is C20H21NO4S. The van der Waals surface area contributed by atoms with Gasteiger partial charge in [-0.15, -0.1) is 11.3 Å². The van der Waals surface area contributed by atoms with Crippen LogP contribution >= 0.6 is 11.3 Å². The van der Waals surface area contributed by atoms with E-state index in [4.69, 9.17) is 4.74 Å². The van der Waals surface area contributed by atoms with E-state index in [2.05, 4.69) is 12.2 Å². The number of nitrogens with one attached hydrogen (secondary N) is 1. The summed E-state index contributed by atoms with van der Waals surface area (Å²) in [5.74, 6) is -0.460. The highest BCUT2D eigenvalue weighted by atomic mass is 32.1. The average molecular weight is 371 g/mol. The van der Waals surface area contributed by atoms with Gasteiger partial charge in [-0.2, -0.15) is 0 Å². The van der Waals surface area contributed by atoms with E-state index in [1.807, 2.05) is 6.07 Å². The fourth-order valence-corrected chi connectivity index (χ4v) is 4.20. The Hall–Kier alpha value is -2.47. The smallest absolute Gasteiger partial charge is 0.348 e. The Morgan fingerprint density at radius 1 is 1.27 bits per heavy atom. The van der Waals surface area contributed by atoms with E-state index in [0.717, 1.165) is 19.3 Å². The van der Waals surface area contributed by atoms with Gasteiger partial charge in [0.1, 0.15) is 4.88 Å². The molecule has 1 heterocycles. The number of ether oxygens (including phenoxy) is 1. The quantitative estimate of drug-likeness (QED) is 0.640. The van der Waals surface area contributed by atoms with Crippen LogP contribution in [0.5, 0.6) is 0 Å². The molecule has 1 atom stereocenters. The molecule has 0 aliphatic heterocycles. The van der Waals surface area contributed by atoms with Crippen molar-refractivity contribution in [2.45, 2.75) is 33.1 Å². The zero-order chi connectivity index (χ0) is 18.7. The fraction of sp³-hybridized carbons (Fsp3) is 0.350. The predicted octanol–water partition coefficient (Wildman–Crippen LogP) is 3.87. The number of fused-ring (bicyclic) bond motifs is 1. The van der Waals surface area contributed by atoms with Gasteiger partial charge in [-0.25, -0.2) is 4.79 Å². The van der Waals surface area contributed by atoms with Crippen LogP contribution in [0.15, 0.2) is 30.3 Å². The monoisotopic (exact) mass is 371 g/mol. The summed E-state index contributed by atoms with van der Waals surface area (Å²) in [4.78, 5) is 37.7. The molecule has 1 aliphatic carbocycles. The summed E-state index contributed by atoms with van der Waals surface area (Å²) in [6.45, 7) is 3.26. The summed E-state index contributed by atoms with van der Waals surface area (Å²) < 4.78 is 5.14. The van der Waals surface area contributed by atoms with Gasteiger partial charge >= 0.3 is 5.97 Å². The lowest BCUT2D eigenvalue weighted by atomic mass is 9.90. The second-order valence-corrected chi connectivity index (χ2v) is 7.77. The highest BCUT2D eigenvalue weighted by Crippen LogP contribution is 2.32. The molecule has 0 spiro atoms. The summed E-state index contributed by atoms with van der Waals surface area (Å²) in [7, 11) is 0. The van der Waals surface area contributed by atoms with Gasteiger partial charge < -0.3 is 10.1 Å². The topological polar surface area (TPSA) is 72.5 Å². The number of carbonyl (C=O) groups is 3. The Labute approximate surface area is 156 Å². The van der Waals surface area contributed by atoms with Gasteiger partial charge in [-0.1, -0.05) is 19.1 Å². The van der Waals surface area contributed by atoms with Gasteiger partial charge in [0.15, 0.2) is 12.4 Å². The van der Waals surface area contributed by atoms with Gasteiger partial charge in [0.25, 0.3) is 5.91 Å². The van der Waals surface area contributed by atoms with Gasteiger partial charge in [0.2, 0.25) is 0 Å². The molecule has 3 rings (SSSR count). The number of thiophene rings is 1. The van der Waals surface area contributed by atoms with Gasteiger partial charge in [-0.05, 0) is 55.9 Å². The zero-order valence-corrected chi connectivity index (χ0v) is 15.7. The van der Waals surface area contributed by atoms with Crippen molar-refractivity contribution in [2.24, 2.45) is 5.92 Å². The molecule has 0 unspecified atom stereocenters. The molecule has 2 aromatic rings. The minimum atomic E-state index is -0.480. The van der Waals surface area contributed by atoms with E-state index in [-0.39, 0.29) is 12.4 Å². The van der Waals surface area contributed by atoms with Gasteiger partial charge in [-0.3, -0.25) is 9.59 Å². The van der Waals surface area contributed by atoms with Crippen LogP contribution in [-0.4, -0.2) is 24.3 Å². The maximum absolute atomic E-state index is 12.2. The average Bonchev–Trinajstić information content (AvgIpc) is 3.03. The number of hydrogen-bond donors (Lipinski definition) is 1. The molecule has 0 radical (unpaired) electrons. The number of hydrogen-bond acceptors (Lipinski definition) is 5. The van der Waals surface area contributed by atoms with Crippen molar-refractivity contribution in [2.75, 3.05) is 11.9 Å². The molecule has 1 aromatic carbocycles. The van der Waals surface area contributed by atoms with Crippen molar-refractivity contribution in [3.8, 4) is 0 Å². The first kappa shape index (κ1) is 18.3. The van der Waals surface area contributed by atoms with Crippen LogP contribution in [-0.2, 0) is 22.4 Å². The first-order chi connectivity index (χ1) is 12.4. The van der Waals surface area contributed by atoms with Crippen LogP contribution in [0.2, 0.25) is 0 Å². The second-order valence-electron chi connectivity index (χ2n) is 6.63. The fourth-order valence-electron chi connectivity index (χ4n) is 3.09. The van der Waals surface area contributed by atoms with Crippen LogP contribution < -0.4 is 5.32 Å². The maximum atomic E-state index is 12.2. The molecule has 6 heteroatoms. The summed E-state index contributed by atoms with van der Waals surface area (Å²) in [5, 5.41) is 2.62. The Balaban J connectivity index is 1.58. The Kier molecular flexibility index (Phi) is 5.52. The van der Waals surface area contributed by atoms with Crippen molar-refractivity contribution >= 4 is 34.7 Å². The normalized spacial score (nSPS) is 15.8. The minimum absolute atomic E-state index is 0.142. The Morgan fingerprint density at radius 3 is 2.81 bits per heavy atom. The summed E-state index contributed by atoms with van der Waals surface area (Å²) in [6.07, 6.45) is 3.12. The van der Waals surface area contributed by atoms with Crippen LogP contribution in [0.25, 0.3) is 0 Å². The maximum Gasteiger partial charge on any atom is 0.348 e. The highest BCUT2D eigenvalue weighted by Gasteiger charge is 2.22. The van der Waals surface area contributed by atoms with Crippen LogP contribution in [0.4, 0.5) is 5.69 Å². The van der Waals surface area contributed by atoms with Crippen molar-refractivity contribution in [3.63, 3.8) is 0 Å². The summed E-state index contributed by atoms with van der Waals surface area (Å²) in [5.41, 5.74) is 2.06. The van der Waals surface area contributed by atoms with Crippen LogP contribution in [0.3, 0.4) is 0 Å². The van der Waals surface area contributed by atoms with E-state index >= 15 is 0 Å². The number of anilines is 1. The van der Waals surface area contributed by atoms with Crippen LogP contribution in [0.1, 0.15) is 50.7 Å². The number of para-hydroxylation sites is 1. The third kappa shape index (κ3) is 4.19. The number of carbonyl (C=O) groups excluding carboxylic acids is 3. The van der Waals surface area contributed by atoms with Crippen molar-refractivity contribution in [1.82, 2.24) is 0 Å². The number of benzene rings is 1. The largest absolute Gasteiger partial charge is 0.451 e. The first-order valence-electron chi connectivity index (χ1n) is 8.62. The van der Waals surface area contributed by atoms with E-state index in [9.17, 15) is 14.4 Å². The van der Waals surface area contributed by atoms with E-state index in [1.54, 1.807) is 24.3 Å². The standard InChI is InChI=1S/C20H21NO4S/c1-12-7-8-17-14(9-12)10-18(26-17)20(24)25-11-19(23)21-16-6-4-3-5-15(16)13(2)22/h3-6,10,12H,7-9,11H2,1-2H3,(H,21,23)/t12-/m0/s1. The molecular weight excluding hydrogens is 350 g/mol. The lowest BCUT2D eigenvalue weighted by Gasteiger charge is -2.16. The Morgan fingerprint density at radius 2 is 2.04 bits per heavy atom. The lowest BCUT2D eigenvalue weighted by molar-refractivity contribution is -0.119. The van der Waals surface area contributed by atoms with E-state index in [1.165, 1.54) is 28.7 Å². The van der Waals surface area contributed by atoms with Gasteiger partial charge in [0, 0.05) is 10.4 Å². The highest BCUT2D eigenvalue weighted by molar-refractivity contribution is 7.14. The lowest BCUT2D eigenvalue weighted by Crippen LogP contribution is -2.21. The van der Waals surface area contributed by atoms with E-state index in [0.29, 0.717) is 22.0 Å². The molecule has 0 saturated carbocycles. The number of Topliss-reactive ketones (excluding diaryl/α,β-unsaturated/α-hetero) is 1. The summed E-state index contributed by atoms with van der Waals surface area (Å²) >= 11 is 1.46. The molecule has 1 N–H and O–H groups in total. The predicted molar refractivity (Wildman–Crippen MR) is 101 cm³/mol. The number of esters is 1. The molecule has 136 valence electrons. The zero-order valence-electron chi connectivity index (χ0n) is 14.8. The van der Waals surface area contributed by atoms with Crippen molar-refractivity contribution < 1.29 is 19.1 Å². The molecule has 1 aliphatic rings. The molecule has 5 nitrogen and oxygen atoms in total. The van der Waals surface area contributed by atoms with Crippen molar-refractivity contribution in [1.29, 1.82) is 0 Å². The first-order valence-corrected chi connectivity index (χ1v) is 9.44. The minimum Gasteiger partial charge on any atom is -0.451 e. The number of rotatable bonds is 5. The molecule has 1 amide bonds. The van der Waals surface area contributed by atoms with E-state index < -0.39 is 11.9 Å². The molecule has 0 bridgehead atoms. The molecule has 26 heavy (non-hydrogen) atoms. The SMILES string of the molecule is CC(=O)c1ccccc1NC(=O)COC(=O)c1cc2c(s1)CC[C@H](C)C2. The number of amides is 1. The number of aryl methyl sites for hydroxylation is 1. The molecule has 0 fully saturated rings. The molecule has 0 saturated heterocycles. The number of ketones is 1. The van der Waals surface area contributed by atoms with Crippen LogP contribution in [0, 0.1) is 5.92 Å². The third-order valence-corrected chi connectivity index (χ3v) is 5.66. The van der Waals surface area contributed by atoms with Gasteiger partial charge in [0.05, 0.1) is 5.69 Å². The molecule has 1 aromatic heterocycles. The third-order valence-electron chi connectivity index (χ3n) is 4.45. The van der Waals surface area contributed by atoms with Crippen molar-refractivity contribution in [3.05, 3.63) is 51.2 Å². The summed E-state index contributed by atoms with van der Waals surface area (Å²) in [6, 6.07) is 8.63.